The van der Waals surface area contributed by atoms with E-state index in [2.05, 4.69) is 5.32 Å². The van der Waals surface area contributed by atoms with Crippen LogP contribution in [0.3, 0.4) is 0 Å². The molecule has 1 atom stereocenters. The van der Waals surface area contributed by atoms with Gasteiger partial charge in [-0.05, 0) is 25.7 Å². The quantitative estimate of drug-likeness (QED) is 0.714. The van der Waals surface area contributed by atoms with Crippen LogP contribution >= 0.6 is 0 Å². The zero-order valence-electron chi connectivity index (χ0n) is 10.7. The predicted molar refractivity (Wildman–Crippen MR) is 63.7 cm³/mol. The van der Waals surface area contributed by atoms with Crippen LogP contribution in [0.2, 0.25) is 0 Å². The Morgan fingerprint density at radius 3 is 2.31 bits per heavy atom. The molecule has 0 radical (unpaired) electrons. The molecule has 0 heterocycles. The number of hydrogen-bond acceptors (Lipinski definition) is 4. The van der Waals surface area contributed by atoms with Crippen molar-refractivity contribution in [2.24, 2.45) is 0 Å². The number of rotatable bonds is 7. The second kappa shape index (κ2) is 8.01. The Labute approximate surface area is 98.6 Å². The molecule has 96 valence electrons. The molecular formula is C12H25NO3. The molecule has 0 amide bonds. The van der Waals surface area contributed by atoms with Crippen LogP contribution in [0.1, 0.15) is 25.7 Å². The monoisotopic (exact) mass is 231 g/mol. The number of methoxy groups -OCH3 is 3. The molecule has 1 fully saturated rings. The van der Waals surface area contributed by atoms with E-state index < -0.39 is 0 Å². The van der Waals surface area contributed by atoms with Crippen molar-refractivity contribution >= 4 is 0 Å². The third-order valence-electron chi connectivity index (χ3n) is 3.33. The second-order valence-electron chi connectivity index (χ2n) is 4.43. The topological polar surface area (TPSA) is 39.7 Å². The number of ether oxygens (including phenoxy) is 3. The van der Waals surface area contributed by atoms with Gasteiger partial charge in [-0.15, -0.1) is 0 Å². The minimum absolute atomic E-state index is 0.158. The first kappa shape index (κ1) is 13.9. The van der Waals surface area contributed by atoms with Crippen molar-refractivity contribution in [1.29, 1.82) is 0 Å². The highest BCUT2D eigenvalue weighted by Gasteiger charge is 2.21. The molecule has 0 saturated heterocycles. The van der Waals surface area contributed by atoms with Gasteiger partial charge in [-0.3, -0.25) is 0 Å². The average Bonchev–Trinajstić information content (AvgIpc) is 2.35. The second-order valence-corrected chi connectivity index (χ2v) is 4.43. The molecule has 1 N–H and O–H groups in total. The molecule has 1 aliphatic carbocycles. The third kappa shape index (κ3) is 4.78. The lowest BCUT2D eigenvalue weighted by molar-refractivity contribution is 0.0230. The van der Waals surface area contributed by atoms with Crippen molar-refractivity contribution in [3.8, 4) is 0 Å². The smallest absolute Gasteiger partial charge is 0.0928 e. The van der Waals surface area contributed by atoms with Gasteiger partial charge in [-0.25, -0.2) is 0 Å². The molecule has 1 saturated carbocycles. The van der Waals surface area contributed by atoms with Crippen molar-refractivity contribution in [1.82, 2.24) is 5.32 Å². The molecule has 1 aliphatic rings. The SMILES string of the molecule is COCC(CNC1CCC(OC)CC1)OC. The summed E-state index contributed by atoms with van der Waals surface area (Å²) in [7, 11) is 5.24. The highest BCUT2D eigenvalue weighted by molar-refractivity contribution is 4.78. The summed E-state index contributed by atoms with van der Waals surface area (Å²) in [4.78, 5) is 0. The predicted octanol–water partition coefficient (Wildman–Crippen LogP) is 1.19. The van der Waals surface area contributed by atoms with Gasteiger partial charge in [0.15, 0.2) is 0 Å². The Bertz CT molecular complexity index is 170. The molecule has 0 bridgehead atoms. The van der Waals surface area contributed by atoms with E-state index >= 15 is 0 Å². The highest BCUT2D eigenvalue weighted by Crippen LogP contribution is 2.20. The largest absolute Gasteiger partial charge is 0.382 e. The maximum absolute atomic E-state index is 5.35. The van der Waals surface area contributed by atoms with E-state index in [0.717, 1.165) is 19.4 Å². The maximum Gasteiger partial charge on any atom is 0.0928 e. The van der Waals surface area contributed by atoms with E-state index in [4.69, 9.17) is 14.2 Å². The van der Waals surface area contributed by atoms with Gasteiger partial charge in [-0.2, -0.15) is 0 Å². The lowest BCUT2D eigenvalue weighted by Gasteiger charge is -2.29. The molecular weight excluding hydrogens is 206 g/mol. The van der Waals surface area contributed by atoms with Crippen LogP contribution in [0.4, 0.5) is 0 Å². The highest BCUT2D eigenvalue weighted by atomic mass is 16.5. The van der Waals surface area contributed by atoms with E-state index in [1.54, 1.807) is 21.3 Å². The lowest BCUT2D eigenvalue weighted by atomic mass is 9.93. The molecule has 0 aromatic heterocycles. The molecule has 1 rings (SSSR count). The normalized spacial score (nSPS) is 27.9. The molecule has 4 heteroatoms. The minimum atomic E-state index is 0.158. The molecule has 1 unspecified atom stereocenters. The van der Waals surface area contributed by atoms with Crippen molar-refractivity contribution < 1.29 is 14.2 Å². The van der Waals surface area contributed by atoms with E-state index in [9.17, 15) is 0 Å². The summed E-state index contributed by atoms with van der Waals surface area (Å²) in [6, 6.07) is 0.612. The number of nitrogens with one attached hydrogen (secondary N) is 1. The lowest BCUT2D eigenvalue weighted by Crippen LogP contribution is -2.41. The third-order valence-corrected chi connectivity index (χ3v) is 3.33. The van der Waals surface area contributed by atoms with Gasteiger partial charge in [0.2, 0.25) is 0 Å². The Kier molecular flexibility index (Phi) is 6.96. The van der Waals surface area contributed by atoms with Crippen LogP contribution < -0.4 is 5.32 Å². The molecule has 0 aromatic rings. The van der Waals surface area contributed by atoms with E-state index in [1.165, 1.54) is 12.8 Å². The summed E-state index contributed by atoms with van der Waals surface area (Å²) in [5.74, 6) is 0. The van der Waals surface area contributed by atoms with Gasteiger partial charge in [0, 0.05) is 33.9 Å². The van der Waals surface area contributed by atoms with Crippen LogP contribution in [0.25, 0.3) is 0 Å². The fraction of sp³-hybridized carbons (Fsp3) is 1.00. The summed E-state index contributed by atoms with van der Waals surface area (Å²) in [5.41, 5.74) is 0. The zero-order valence-corrected chi connectivity index (χ0v) is 10.7. The van der Waals surface area contributed by atoms with E-state index in [-0.39, 0.29) is 6.10 Å². The van der Waals surface area contributed by atoms with Gasteiger partial charge in [0.25, 0.3) is 0 Å². The van der Waals surface area contributed by atoms with E-state index in [0.29, 0.717) is 18.8 Å². The van der Waals surface area contributed by atoms with Crippen LogP contribution in [0.5, 0.6) is 0 Å². The Hall–Kier alpha value is -0.160. The molecule has 0 spiro atoms. The molecule has 0 aliphatic heterocycles. The number of hydrogen-bond donors (Lipinski definition) is 1. The van der Waals surface area contributed by atoms with Gasteiger partial charge in [-0.1, -0.05) is 0 Å². The van der Waals surface area contributed by atoms with Crippen molar-refractivity contribution in [2.75, 3.05) is 34.5 Å². The van der Waals surface area contributed by atoms with Crippen LogP contribution in [-0.4, -0.2) is 52.7 Å². The fourth-order valence-electron chi connectivity index (χ4n) is 2.20. The molecule has 16 heavy (non-hydrogen) atoms. The zero-order chi connectivity index (χ0) is 11.8. The first-order valence-electron chi connectivity index (χ1n) is 6.08. The van der Waals surface area contributed by atoms with Crippen molar-refractivity contribution in [3.63, 3.8) is 0 Å². The Morgan fingerprint density at radius 2 is 1.81 bits per heavy atom. The van der Waals surface area contributed by atoms with Crippen molar-refractivity contribution in [3.05, 3.63) is 0 Å². The van der Waals surface area contributed by atoms with Crippen LogP contribution in [0.15, 0.2) is 0 Å². The van der Waals surface area contributed by atoms with Crippen LogP contribution in [-0.2, 0) is 14.2 Å². The first-order valence-corrected chi connectivity index (χ1v) is 6.08. The maximum atomic E-state index is 5.35. The Balaban J connectivity index is 2.13. The van der Waals surface area contributed by atoms with Gasteiger partial charge < -0.3 is 19.5 Å². The average molecular weight is 231 g/mol. The van der Waals surface area contributed by atoms with Crippen LogP contribution in [0, 0.1) is 0 Å². The Morgan fingerprint density at radius 1 is 1.12 bits per heavy atom. The summed E-state index contributed by atoms with van der Waals surface area (Å²) in [6.45, 7) is 1.52. The van der Waals surface area contributed by atoms with Gasteiger partial charge in [0.1, 0.15) is 0 Å². The summed E-state index contributed by atoms with van der Waals surface area (Å²) in [6.07, 6.45) is 5.34. The minimum Gasteiger partial charge on any atom is -0.382 e. The fourth-order valence-corrected chi connectivity index (χ4v) is 2.20. The summed E-state index contributed by atoms with van der Waals surface area (Å²) in [5, 5.41) is 3.54. The summed E-state index contributed by atoms with van der Waals surface area (Å²) >= 11 is 0. The van der Waals surface area contributed by atoms with Gasteiger partial charge in [0.05, 0.1) is 18.8 Å². The van der Waals surface area contributed by atoms with E-state index in [1.807, 2.05) is 0 Å². The van der Waals surface area contributed by atoms with Crippen molar-refractivity contribution in [2.45, 2.75) is 43.9 Å². The standard InChI is InChI=1S/C12H25NO3/c1-14-9-12(16-3)8-13-10-4-6-11(15-2)7-5-10/h10-13H,4-9H2,1-3H3. The molecule has 4 nitrogen and oxygen atoms in total. The molecule has 0 aromatic carbocycles. The first-order chi connectivity index (χ1) is 7.80. The van der Waals surface area contributed by atoms with Gasteiger partial charge >= 0.3 is 0 Å². The summed E-state index contributed by atoms with van der Waals surface area (Å²) < 4.78 is 15.7.